The van der Waals surface area contributed by atoms with Gasteiger partial charge in [0.2, 0.25) is 0 Å². The van der Waals surface area contributed by atoms with E-state index in [1.165, 1.54) is 12.8 Å². The van der Waals surface area contributed by atoms with Crippen molar-refractivity contribution in [2.75, 3.05) is 39.9 Å². The maximum absolute atomic E-state index is 12.4. The van der Waals surface area contributed by atoms with Crippen molar-refractivity contribution < 1.29 is 19.1 Å². The lowest BCUT2D eigenvalue weighted by Gasteiger charge is -2.35. The van der Waals surface area contributed by atoms with Crippen molar-refractivity contribution in [1.82, 2.24) is 15.1 Å². The molecule has 142 valence electrons. The fourth-order valence-electron chi connectivity index (χ4n) is 3.46. The van der Waals surface area contributed by atoms with E-state index in [1.807, 2.05) is 12.1 Å². The lowest BCUT2D eigenvalue weighted by molar-refractivity contribution is -0.134. The Morgan fingerprint density at radius 3 is 2.31 bits per heavy atom. The largest absolute Gasteiger partial charge is 0.493 e. The Balaban J connectivity index is 1.42. The van der Waals surface area contributed by atoms with Gasteiger partial charge < -0.3 is 24.6 Å². The van der Waals surface area contributed by atoms with Crippen LogP contribution in [0.5, 0.6) is 11.5 Å². The first-order valence-electron chi connectivity index (χ1n) is 9.26. The average Bonchev–Trinajstić information content (AvgIpc) is 3.19. The summed E-state index contributed by atoms with van der Waals surface area (Å²) in [7, 11) is 1.57. The number of para-hydroxylation sites is 2. The number of hydrogen-bond donors (Lipinski definition) is 1. The van der Waals surface area contributed by atoms with Crippen molar-refractivity contribution in [2.45, 2.75) is 31.7 Å². The van der Waals surface area contributed by atoms with Gasteiger partial charge in [0.25, 0.3) is 5.91 Å². The molecule has 7 nitrogen and oxygen atoms in total. The monoisotopic (exact) mass is 361 g/mol. The van der Waals surface area contributed by atoms with E-state index < -0.39 is 0 Å². The zero-order valence-corrected chi connectivity index (χ0v) is 15.3. The first-order valence-corrected chi connectivity index (χ1v) is 9.26. The summed E-state index contributed by atoms with van der Waals surface area (Å²) in [5.74, 6) is 1.08. The zero-order chi connectivity index (χ0) is 18.4. The molecular formula is C19H27N3O4. The molecule has 1 aliphatic carbocycles. The summed E-state index contributed by atoms with van der Waals surface area (Å²) in [5, 5.41) is 3.10. The van der Waals surface area contributed by atoms with Crippen LogP contribution in [-0.4, -0.2) is 67.7 Å². The van der Waals surface area contributed by atoms with Crippen LogP contribution in [0.25, 0.3) is 0 Å². The van der Waals surface area contributed by atoms with Crippen LogP contribution in [0.3, 0.4) is 0 Å². The lowest BCUT2D eigenvalue weighted by Crippen LogP contribution is -2.55. The number of rotatable bonds is 5. The molecule has 1 aromatic carbocycles. The molecule has 2 fully saturated rings. The first kappa shape index (κ1) is 18.4. The van der Waals surface area contributed by atoms with Gasteiger partial charge in [0.05, 0.1) is 7.11 Å². The van der Waals surface area contributed by atoms with Crippen LogP contribution in [0, 0.1) is 0 Å². The highest BCUT2D eigenvalue weighted by Crippen LogP contribution is 2.25. The van der Waals surface area contributed by atoms with E-state index >= 15 is 0 Å². The number of carbonyl (C=O) groups excluding carboxylic acids is 2. The fourth-order valence-corrected chi connectivity index (χ4v) is 3.46. The highest BCUT2D eigenvalue weighted by Gasteiger charge is 2.26. The van der Waals surface area contributed by atoms with Gasteiger partial charge in [-0.05, 0) is 25.0 Å². The molecule has 0 unspecified atom stereocenters. The molecule has 1 heterocycles. The van der Waals surface area contributed by atoms with Crippen molar-refractivity contribution in [3.8, 4) is 11.5 Å². The summed E-state index contributed by atoms with van der Waals surface area (Å²) in [6.07, 6.45) is 4.54. The van der Waals surface area contributed by atoms with E-state index in [-0.39, 0.29) is 18.5 Å². The van der Waals surface area contributed by atoms with Crippen molar-refractivity contribution in [3.05, 3.63) is 24.3 Å². The van der Waals surface area contributed by atoms with Gasteiger partial charge in [0.15, 0.2) is 18.1 Å². The predicted molar refractivity (Wildman–Crippen MR) is 97.4 cm³/mol. The molecular weight excluding hydrogens is 334 g/mol. The van der Waals surface area contributed by atoms with Gasteiger partial charge in [0.1, 0.15) is 0 Å². The number of methoxy groups -OCH3 is 1. The third kappa shape index (κ3) is 4.59. The zero-order valence-electron chi connectivity index (χ0n) is 15.3. The average molecular weight is 361 g/mol. The summed E-state index contributed by atoms with van der Waals surface area (Å²) in [4.78, 5) is 28.2. The molecule has 0 bridgehead atoms. The van der Waals surface area contributed by atoms with Crippen molar-refractivity contribution in [2.24, 2.45) is 0 Å². The number of nitrogens with one attached hydrogen (secondary N) is 1. The van der Waals surface area contributed by atoms with Gasteiger partial charge in [0, 0.05) is 32.2 Å². The number of amides is 3. The molecule has 0 radical (unpaired) electrons. The SMILES string of the molecule is COc1ccccc1OCC(=O)N1CCN(C(=O)NC2CCCC2)CC1. The quantitative estimate of drug-likeness (QED) is 0.869. The van der Waals surface area contributed by atoms with E-state index in [0.717, 1.165) is 12.8 Å². The second-order valence-corrected chi connectivity index (χ2v) is 6.74. The second-order valence-electron chi connectivity index (χ2n) is 6.74. The number of nitrogens with zero attached hydrogens (tertiary/aromatic N) is 2. The minimum Gasteiger partial charge on any atom is -0.493 e. The Kier molecular flexibility index (Phi) is 6.20. The van der Waals surface area contributed by atoms with Gasteiger partial charge in [-0.3, -0.25) is 4.79 Å². The van der Waals surface area contributed by atoms with Gasteiger partial charge >= 0.3 is 6.03 Å². The van der Waals surface area contributed by atoms with E-state index in [1.54, 1.807) is 29.0 Å². The molecule has 1 saturated carbocycles. The molecule has 7 heteroatoms. The molecule has 1 N–H and O–H groups in total. The maximum atomic E-state index is 12.4. The Morgan fingerprint density at radius 1 is 1.04 bits per heavy atom. The molecule has 1 aromatic rings. The predicted octanol–water partition coefficient (Wildman–Crippen LogP) is 1.87. The minimum absolute atomic E-state index is 0.00530. The third-order valence-corrected chi connectivity index (χ3v) is 5.02. The Bertz CT molecular complexity index is 623. The molecule has 3 rings (SSSR count). The van der Waals surface area contributed by atoms with Crippen LogP contribution in [-0.2, 0) is 4.79 Å². The smallest absolute Gasteiger partial charge is 0.317 e. The number of ether oxygens (including phenoxy) is 2. The van der Waals surface area contributed by atoms with Crippen molar-refractivity contribution >= 4 is 11.9 Å². The molecule has 1 aliphatic heterocycles. The molecule has 26 heavy (non-hydrogen) atoms. The van der Waals surface area contributed by atoms with Crippen LogP contribution in [0.4, 0.5) is 4.79 Å². The molecule has 1 saturated heterocycles. The summed E-state index contributed by atoms with van der Waals surface area (Å²) >= 11 is 0. The molecule has 0 spiro atoms. The molecule has 0 aromatic heterocycles. The summed E-state index contributed by atoms with van der Waals surface area (Å²) in [6, 6.07) is 7.57. The number of hydrogen-bond acceptors (Lipinski definition) is 4. The van der Waals surface area contributed by atoms with Crippen LogP contribution in [0.15, 0.2) is 24.3 Å². The van der Waals surface area contributed by atoms with Crippen molar-refractivity contribution in [3.63, 3.8) is 0 Å². The molecule has 2 aliphatic rings. The molecule has 3 amide bonds. The Labute approximate surface area is 154 Å². The topological polar surface area (TPSA) is 71.1 Å². The fraction of sp³-hybridized carbons (Fsp3) is 0.579. The van der Waals surface area contributed by atoms with E-state index in [0.29, 0.717) is 43.7 Å². The Hall–Kier alpha value is -2.44. The van der Waals surface area contributed by atoms with E-state index in [9.17, 15) is 9.59 Å². The number of benzene rings is 1. The Morgan fingerprint density at radius 2 is 1.65 bits per heavy atom. The highest BCUT2D eigenvalue weighted by molar-refractivity contribution is 5.79. The van der Waals surface area contributed by atoms with Crippen LogP contribution >= 0.6 is 0 Å². The maximum Gasteiger partial charge on any atom is 0.317 e. The second kappa shape index (κ2) is 8.78. The number of carbonyl (C=O) groups is 2. The highest BCUT2D eigenvalue weighted by atomic mass is 16.5. The van der Waals surface area contributed by atoms with Crippen molar-refractivity contribution in [1.29, 1.82) is 0 Å². The minimum atomic E-state index is -0.0771. The number of piperazine rings is 1. The van der Waals surface area contributed by atoms with Crippen LogP contribution in [0.1, 0.15) is 25.7 Å². The lowest BCUT2D eigenvalue weighted by atomic mass is 10.2. The van der Waals surface area contributed by atoms with Gasteiger partial charge in [-0.1, -0.05) is 25.0 Å². The standard InChI is InChI=1S/C19H27N3O4/c1-25-16-8-4-5-9-17(16)26-14-18(23)21-10-12-22(13-11-21)19(24)20-15-6-2-3-7-15/h4-5,8-9,15H,2-3,6-7,10-14H2,1H3,(H,20,24). The summed E-state index contributed by atoms with van der Waals surface area (Å²) in [6.45, 7) is 2.14. The van der Waals surface area contributed by atoms with E-state index in [2.05, 4.69) is 5.32 Å². The summed E-state index contributed by atoms with van der Waals surface area (Å²) in [5.41, 5.74) is 0. The van der Waals surface area contributed by atoms with Gasteiger partial charge in [-0.25, -0.2) is 4.79 Å². The third-order valence-electron chi connectivity index (χ3n) is 5.02. The summed E-state index contributed by atoms with van der Waals surface area (Å²) < 4.78 is 10.8. The van der Waals surface area contributed by atoms with Crippen LogP contribution < -0.4 is 14.8 Å². The van der Waals surface area contributed by atoms with Gasteiger partial charge in [-0.15, -0.1) is 0 Å². The van der Waals surface area contributed by atoms with E-state index in [4.69, 9.17) is 9.47 Å². The van der Waals surface area contributed by atoms with Gasteiger partial charge in [-0.2, -0.15) is 0 Å². The first-order chi connectivity index (χ1) is 12.7. The molecule has 0 atom stereocenters. The normalized spacial score (nSPS) is 17.9. The number of urea groups is 1. The van der Waals surface area contributed by atoms with Crippen LogP contribution in [0.2, 0.25) is 0 Å².